The molecule has 18 heteroatoms. The first-order chi connectivity index (χ1) is 24.4. The topological polar surface area (TPSA) is 201 Å². The number of carbonyl (C=O) groups excluding carboxylic acids is 6. The number of amides is 6. The fourth-order valence-corrected chi connectivity index (χ4v) is 7.41. The maximum Gasteiger partial charge on any atom is 0.410 e. The van der Waals surface area contributed by atoms with Crippen LogP contribution in [-0.2, 0) is 33.9 Å². The zero-order valence-corrected chi connectivity index (χ0v) is 34.3. The number of hydrogen-bond donors (Lipinski definition) is 3. The number of halogens is 1. The summed E-state index contributed by atoms with van der Waals surface area (Å²) in [4.78, 5) is 81.4. The maximum atomic E-state index is 14.1. The molecule has 2 aliphatic carbocycles. The third-order valence-corrected chi connectivity index (χ3v) is 11.2. The monoisotopic (exact) mass is 790 g/mol. The van der Waals surface area contributed by atoms with E-state index in [1.807, 2.05) is 13.8 Å². The van der Waals surface area contributed by atoms with Crippen molar-refractivity contribution >= 4 is 56.9 Å². The molecule has 16 nitrogen and oxygen atoms in total. The zero-order valence-electron chi connectivity index (χ0n) is 32.7. The average Bonchev–Trinajstić information content (AvgIpc) is 3.96. The van der Waals surface area contributed by atoms with Crippen LogP contribution in [0.5, 0.6) is 0 Å². The number of rotatable bonds is 13. The summed E-state index contributed by atoms with van der Waals surface area (Å²) in [6.07, 6.45) is 0.126. The van der Waals surface area contributed by atoms with Crippen LogP contribution in [0.1, 0.15) is 94.9 Å². The molecule has 0 aromatic rings. The minimum Gasteiger partial charge on any atom is -0.444 e. The molecule has 302 valence electrons. The van der Waals surface area contributed by atoms with Crippen molar-refractivity contribution in [3.63, 3.8) is 0 Å². The first-order valence-electron chi connectivity index (χ1n) is 18.1. The van der Waals surface area contributed by atoms with Gasteiger partial charge in [-0.15, -0.1) is 6.58 Å². The smallest absolute Gasteiger partial charge is 0.410 e. The number of hydrogen-bond acceptors (Lipinski definition) is 10. The highest BCUT2D eigenvalue weighted by Crippen LogP contribution is 2.45. The van der Waals surface area contributed by atoms with E-state index in [1.165, 1.54) is 15.9 Å². The van der Waals surface area contributed by atoms with Gasteiger partial charge in [0, 0.05) is 38.5 Å². The molecule has 1 unspecified atom stereocenters. The van der Waals surface area contributed by atoms with Crippen molar-refractivity contribution in [1.29, 1.82) is 0 Å². The van der Waals surface area contributed by atoms with E-state index in [9.17, 15) is 37.2 Å². The van der Waals surface area contributed by atoms with E-state index in [1.54, 1.807) is 60.3 Å². The van der Waals surface area contributed by atoms with Gasteiger partial charge in [-0.25, -0.2) is 18.0 Å². The molecule has 1 heterocycles. The fourth-order valence-electron chi connectivity index (χ4n) is 5.81. The molecule has 3 N–H and O–H groups in total. The molecule has 0 spiro atoms. The number of likely N-dealkylation sites (tertiary alicyclic amines) is 1. The number of nitrogens with one attached hydrogen (secondary N) is 3. The van der Waals surface area contributed by atoms with E-state index in [2.05, 4.69) is 21.9 Å². The summed E-state index contributed by atoms with van der Waals surface area (Å²) in [6, 6.07) is -2.34. The normalized spacial score (nSPS) is 22.9. The Morgan fingerprint density at radius 1 is 0.962 bits per heavy atom. The van der Waals surface area contributed by atoms with Crippen molar-refractivity contribution in [3.05, 3.63) is 12.7 Å². The van der Waals surface area contributed by atoms with E-state index in [0.29, 0.717) is 39.0 Å². The quantitative estimate of drug-likeness (QED) is 0.140. The van der Waals surface area contributed by atoms with E-state index < -0.39 is 85.8 Å². The van der Waals surface area contributed by atoms with Gasteiger partial charge in [0.25, 0.3) is 5.91 Å². The maximum absolute atomic E-state index is 14.1. The Morgan fingerprint density at radius 2 is 1.51 bits per heavy atom. The van der Waals surface area contributed by atoms with Crippen LogP contribution >= 0.6 is 11.6 Å². The predicted molar refractivity (Wildman–Crippen MR) is 199 cm³/mol. The van der Waals surface area contributed by atoms with Gasteiger partial charge in [0.2, 0.25) is 21.8 Å². The van der Waals surface area contributed by atoms with Crippen molar-refractivity contribution in [1.82, 2.24) is 30.1 Å². The highest BCUT2D eigenvalue weighted by atomic mass is 35.5. The molecule has 53 heavy (non-hydrogen) atoms. The third-order valence-electron chi connectivity index (χ3n) is 9.17. The van der Waals surface area contributed by atoms with Crippen LogP contribution in [-0.4, -0.2) is 126 Å². The number of ether oxygens (including phenoxy) is 2. The lowest BCUT2D eigenvalue weighted by atomic mass is 9.85. The molecule has 0 radical (unpaired) electrons. The number of carbonyl (C=O) groups is 6. The lowest BCUT2D eigenvalue weighted by Crippen LogP contribution is -2.60. The Kier molecular flexibility index (Phi) is 15.6. The lowest BCUT2D eigenvalue weighted by Gasteiger charge is -2.36. The van der Waals surface area contributed by atoms with Gasteiger partial charge in [0.15, 0.2) is 0 Å². The zero-order chi connectivity index (χ0) is 40.7. The molecule has 6 amide bonds. The molecule has 3 fully saturated rings. The van der Waals surface area contributed by atoms with Gasteiger partial charge in [-0.3, -0.25) is 23.9 Å². The third kappa shape index (κ3) is 12.5. The first kappa shape index (κ1) is 45.6. The molecule has 5 atom stereocenters. The van der Waals surface area contributed by atoms with E-state index in [-0.39, 0.29) is 24.8 Å². The molecular formula is C35H59ClN6O10S. The van der Waals surface area contributed by atoms with E-state index in [4.69, 9.17) is 21.1 Å². The van der Waals surface area contributed by atoms with Crippen molar-refractivity contribution in [2.45, 2.75) is 129 Å². The Bertz CT molecular complexity index is 1480. The van der Waals surface area contributed by atoms with Crippen molar-refractivity contribution in [3.8, 4) is 0 Å². The van der Waals surface area contributed by atoms with Crippen LogP contribution in [0.25, 0.3) is 0 Å². The van der Waals surface area contributed by atoms with Gasteiger partial charge < -0.3 is 34.8 Å². The highest BCUT2D eigenvalue weighted by molar-refractivity contribution is 7.91. The van der Waals surface area contributed by atoms with Gasteiger partial charge in [0.05, 0.1) is 11.8 Å². The molecule has 0 aromatic carbocycles. The van der Waals surface area contributed by atoms with Crippen molar-refractivity contribution in [2.24, 2.45) is 11.3 Å². The Morgan fingerprint density at radius 3 is 1.91 bits per heavy atom. The molecule has 3 rings (SSSR count). The average molecular weight is 791 g/mol. The van der Waals surface area contributed by atoms with Crippen LogP contribution in [0, 0.1) is 11.3 Å². The molecule has 1 saturated heterocycles. The summed E-state index contributed by atoms with van der Waals surface area (Å²) in [6.45, 7) is 23.4. The molecule has 0 bridgehead atoms. The second kappa shape index (κ2) is 18.2. The summed E-state index contributed by atoms with van der Waals surface area (Å²) < 4.78 is 38.2. The standard InChI is InChI=1S/C30H49N5O9S.C5H10ClNO/c1-10-18-16-30(18,25(38)33-45(41,42)20-13-14-20)32-23(36)21-15-19(43-27(40)34(11-2)12-3)17-35(21)24(37)22(28(4,5)6)31-26(39)44-29(7,8)9;1-3-7(4-2)5(6)8/h10,18-22H,1,11-17H2,2-9H3,(H,31,39)(H,32,36)(H,33,38);3-4H2,1-2H3/t18?,19-,21+,22-,30-;/m1./s1. The summed E-state index contributed by atoms with van der Waals surface area (Å²) in [5, 5.41) is 4.32. The molecular weight excluding hydrogens is 732 g/mol. The molecule has 3 aliphatic rings. The van der Waals surface area contributed by atoms with Crippen LogP contribution in [0.3, 0.4) is 0 Å². The summed E-state index contributed by atoms with van der Waals surface area (Å²) in [5.41, 5.74) is -3.22. The number of sulfonamides is 1. The van der Waals surface area contributed by atoms with Gasteiger partial charge >= 0.3 is 17.6 Å². The minimum absolute atomic E-state index is 0.0787. The molecule has 0 aromatic heterocycles. The predicted octanol–water partition coefficient (Wildman–Crippen LogP) is 3.73. The SMILES string of the molecule is C=CC1C[C@]1(NC(=O)[C@@H]1C[C@@H](OC(=O)N(CC)CC)CN1C(=O)[C@@H](NC(=O)OC(C)(C)C)C(C)(C)C)C(=O)NS(=O)(=O)C1CC1.CCN(CC)C(=O)Cl. The van der Waals surface area contributed by atoms with Crippen LogP contribution in [0.2, 0.25) is 0 Å². The van der Waals surface area contributed by atoms with Gasteiger partial charge in [-0.2, -0.15) is 0 Å². The van der Waals surface area contributed by atoms with Crippen molar-refractivity contribution < 1.29 is 46.7 Å². The molecule has 2 saturated carbocycles. The van der Waals surface area contributed by atoms with E-state index in [0.717, 1.165) is 0 Å². The minimum atomic E-state index is -3.89. The Hall–Kier alpha value is -3.60. The highest BCUT2D eigenvalue weighted by Gasteiger charge is 2.62. The second-order valence-electron chi connectivity index (χ2n) is 15.5. The summed E-state index contributed by atoms with van der Waals surface area (Å²) in [5.74, 6) is -2.74. The van der Waals surface area contributed by atoms with Gasteiger partial charge in [0.1, 0.15) is 29.3 Å². The summed E-state index contributed by atoms with van der Waals surface area (Å²) >= 11 is 5.13. The van der Waals surface area contributed by atoms with Crippen molar-refractivity contribution in [2.75, 3.05) is 32.7 Å². The van der Waals surface area contributed by atoms with Crippen LogP contribution in [0.15, 0.2) is 12.7 Å². The number of nitrogens with zero attached hydrogens (tertiary/aromatic N) is 3. The van der Waals surface area contributed by atoms with Crippen LogP contribution < -0.4 is 15.4 Å². The van der Waals surface area contributed by atoms with Gasteiger partial charge in [-0.1, -0.05) is 26.8 Å². The second-order valence-corrected chi connectivity index (χ2v) is 17.8. The molecule has 1 aliphatic heterocycles. The number of alkyl carbamates (subject to hydrolysis) is 1. The Balaban J connectivity index is 0.00000109. The lowest BCUT2D eigenvalue weighted by molar-refractivity contribution is -0.143. The summed E-state index contributed by atoms with van der Waals surface area (Å²) in [7, 11) is -3.89. The van der Waals surface area contributed by atoms with Gasteiger partial charge in [-0.05, 0) is 84.7 Å². The largest absolute Gasteiger partial charge is 0.444 e. The van der Waals surface area contributed by atoms with E-state index >= 15 is 0 Å². The Labute approximate surface area is 319 Å². The fraction of sp³-hybridized carbons (Fsp3) is 0.771. The first-order valence-corrected chi connectivity index (χ1v) is 20.0. The van der Waals surface area contributed by atoms with Crippen LogP contribution in [0.4, 0.5) is 14.4 Å².